The molecule has 7 heteroatoms. The first-order chi connectivity index (χ1) is 10.7. The van der Waals surface area contributed by atoms with Crippen LogP contribution in [0.2, 0.25) is 0 Å². The maximum absolute atomic E-state index is 11.3. The van der Waals surface area contributed by atoms with Gasteiger partial charge in [-0.05, 0) is 40.2 Å². The van der Waals surface area contributed by atoms with E-state index in [4.69, 9.17) is 4.42 Å². The van der Waals surface area contributed by atoms with Crippen molar-refractivity contribution >= 4 is 38.6 Å². The van der Waals surface area contributed by atoms with E-state index in [1.807, 2.05) is 12.1 Å². The predicted molar refractivity (Wildman–Crippen MR) is 84.6 cm³/mol. The Morgan fingerprint density at radius 1 is 1.36 bits per heavy atom. The van der Waals surface area contributed by atoms with E-state index in [-0.39, 0.29) is 5.76 Å². The Balaban J connectivity index is 1.79. The lowest BCUT2D eigenvalue weighted by Gasteiger charge is -2.07. The van der Waals surface area contributed by atoms with Crippen LogP contribution in [0.15, 0.2) is 45.5 Å². The van der Waals surface area contributed by atoms with Crippen molar-refractivity contribution < 1.29 is 13.9 Å². The minimum atomic E-state index is -0.493. The third-order valence-electron chi connectivity index (χ3n) is 3.05. The summed E-state index contributed by atoms with van der Waals surface area (Å²) in [6, 6.07) is 7.05. The third-order valence-corrected chi connectivity index (χ3v) is 3.48. The maximum Gasteiger partial charge on any atom is 0.373 e. The fraction of sp³-hybridized carbons (Fsp3) is 0.133. The Morgan fingerprint density at radius 2 is 2.23 bits per heavy atom. The Bertz CT molecular complexity index is 832. The van der Waals surface area contributed by atoms with E-state index in [0.29, 0.717) is 12.3 Å². The van der Waals surface area contributed by atoms with E-state index in [2.05, 4.69) is 36.0 Å². The van der Waals surface area contributed by atoms with Gasteiger partial charge in [-0.25, -0.2) is 4.79 Å². The van der Waals surface area contributed by atoms with Crippen molar-refractivity contribution in [1.29, 1.82) is 0 Å². The molecule has 22 heavy (non-hydrogen) atoms. The molecule has 0 amide bonds. The number of hydrogen-bond acceptors (Lipinski definition) is 6. The van der Waals surface area contributed by atoms with E-state index in [1.165, 1.54) is 7.11 Å². The number of nitrogens with one attached hydrogen (secondary N) is 1. The lowest BCUT2D eigenvalue weighted by atomic mass is 10.3. The summed E-state index contributed by atoms with van der Waals surface area (Å²) in [6.45, 7) is 0.424. The van der Waals surface area contributed by atoms with Crippen LogP contribution in [-0.2, 0) is 11.3 Å². The van der Waals surface area contributed by atoms with Gasteiger partial charge in [0.25, 0.3) is 0 Å². The number of furan rings is 1. The summed E-state index contributed by atoms with van der Waals surface area (Å²) in [4.78, 5) is 20.0. The topological polar surface area (TPSA) is 77.2 Å². The highest BCUT2D eigenvalue weighted by Crippen LogP contribution is 2.22. The highest BCUT2D eigenvalue weighted by atomic mass is 79.9. The fourth-order valence-electron chi connectivity index (χ4n) is 2.01. The first kappa shape index (κ1) is 14.5. The molecule has 1 N–H and O–H groups in total. The zero-order chi connectivity index (χ0) is 15.5. The summed E-state index contributed by atoms with van der Waals surface area (Å²) in [5.74, 6) is 0.315. The Morgan fingerprint density at radius 3 is 3.05 bits per heavy atom. The molecule has 3 aromatic heterocycles. The standard InChI is InChI=1S/C15H12BrN3O3/c1-21-15(20)13-3-2-10(22-13)8-18-11-4-5-17-12-6-9(16)7-19-14(11)12/h2-7H,8H2,1H3,(H,17,18). The highest BCUT2D eigenvalue weighted by Gasteiger charge is 2.11. The van der Waals surface area contributed by atoms with E-state index < -0.39 is 5.97 Å². The number of anilines is 1. The van der Waals surface area contributed by atoms with Crippen molar-refractivity contribution in [2.45, 2.75) is 6.54 Å². The van der Waals surface area contributed by atoms with E-state index in [1.54, 1.807) is 24.5 Å². The summed E-state index contributed by atoms with van der Waals surface area (Å²) in [7, 11) is 1.32. The number of esters is 1. The van der Waals surface area contributed by atoms with Crippen LogP contribution >= 0.6 is 15.9 Å². The van der Waals surface area contributed by atoms with Crippen LogP contribution in [0, 0.1) is 0 Å². The van der Waals surface area contributed by atoms with Gasteiger partial charge in [-0.15, -0.1) is 0 Å². The molecule has 0 atom stereocenters. The van der Waals surface area contributed by atoms with Crippen molar-refractivity contribution in [2.75, 3.05) is 12.4 Å². The van der Waals surface area contributed by atoms with E-state index in [9.17, 15) is 4.79 Å². The molecule has 0 saturated carbocycles. The third kappa shape index (κ3) is 2.94. The first-order valence-electron chi connectivity index (χ1n) is 6.48. The zero-order valence-electron chi connectivity index (χ0n) is 11.7. The van der Waals surface area contributed by atoms with Crippen molar-refractivity contribution in [3.63, 3.8) is 0 Å². The molecule has 0 aliphatic heterocycles. The number of hydrogen-bond donors (Lipinski definition) is 1. The average Bonchev–Trinajstić information content (AvgIpc) is 3.00. The van der Waals surface area contributed by atoms with Gasteiger partial charge < -0.3 is 14.5 Å². The average molecular weight is 362 g/mol. The summed E-state index contributed by atoms with van der Waals surface area (Å²) >= 11 is 3.37. The van der Waals surface area contributed by atoms with Crippen LogP contribution in [0.1, 0.15) is 16.3 Å². The van der Waals surface area contributed by atoms with Crippen molar-refractivity contribution in [2.24, 2.45) is 0 Å². The smallest absolute Gasteiger partial charge is 0.373 e. The molecule has 0 saturated heterocycles. The molecule has 0 fully saturated rings. The maximum atomic E-state index is 11.3. The molecule has 6 nitrogen and oxygen atoms in total. The highest BCUT2D eigenvalue weighted by molar-refractivity contribution is 9.10. The molecule has 3 aromatic rings. The summed E-state index contributed by atoms with van der Waals surface area (Å²) in [5.41, 5.74) is 2.40. The molecule has 112 valence electrons. The van der Waals surface area contributed by atoms with Gasteiger partial charge in [0.1, 0.15) is 11.3 Å². The van der Waals surface area contributed by atoms with Crippen LogP contribution in [0.4, 0.5) is 5.69 Å². The molecule has 0 aliphatic carbocycles. The molecule has 0 spiro atoms. The van der Waals surface area contributed by atoms with Gasteiger partial charge >= 0.3 is 5.97 Å². The monoisotopic (exact) mass is 361 g/mol. The number of halogens is 1. The van der Waals surface area contributed by atoms with Gasteiger partial charge in [-0.1, -0.05) is 0 Å². The van der Waals surface area contributed by atoms with Crippen LogP contribution in [0.25, 0.3) is 11.0 Å². The lowest BCUT2D eigenvalue weighted by molar-refractivity contribution is 0.0563. The first-order valence-corrected chi connectivity index (χ1v) is 7.28. The SMILES string of the molecule is COC(=O)c1ccc(CNc2ccnc3cc(Br)cnc23)o1. The van der Waals surface area contributed by atoms with Crippen molar-refractivity contribution in [3.8, 4) is 0 Å². The molecule has 0 radical (unpaired) electrons. The van der Waals surface area contributed by atoms with Gasteiger partial charge in [0, 0.05) is 16.9 Å². The van der Waals surface area contributed by atoms with Crippen molar-refractivity contribution in [3.05, 3.63) is 52.7 Å². The van der Waals surface area contributed by atoms with Gasteiger partial charge in [-0.3, -0.25) is 9.97 Å². The van der Waals surface area contributed by atoms with Gasteiger partial charge in [0.15, 0.2) is 0 Å². The second kappa shape index (κ2) is 6.15. The molecule has 0 bridgehead atoms. The molecular formula is C15H12BrN3O3. The van der Waals surface area contributed by atoms with Crippen molar-refractivity contribution in [1.82, 2.24) is 9.97 Å². The van der Waals surface area contributed by atoms with Gasteiger partial charge in [0.05, 0.1) is 24.9 Å². The Kier molecular flexibility index (Phi) is 4.06. The minimum absolute atomic E-state index is 0.181. The number of methoxy groups -OCH3 is 1. The normalized spacial score (nSPS) is 10.6. The summed E-state index contributed by atoms with van der Waals surface area (Å²) < 4.78 is 10.9. The van der Waals surface area contributed by atoms with Crippen LogP contribution in [0.5, 0.6) is 0 Å². The van der Waals surface area contributed by atoms with Gasteiger partial charge in [0.2, 0.25) is 5.76 Å². The van der Waals surface area contributed by atoms with E-state index in [0.717, 1.165) is 21.2 Å². The number of fused-ring (bicyclic) bond motifs is 1. The molecular weight excluding hydrogens is 350 g/mol. The fourth-order valence-corrected chi connectivity index (χ4v) is 2.33. The number of carbonyl (C=O) groups is 1. The largest absolute Gasteiger partial charge is 0.463 e. The zero-order valence-corrected chi connectivity index (χ0v) is 13.3. The Labute approximate surface area is 134 Å². The summed E-state index contributed by atoms with van der Waals surface area (Å²) in [5, 5.41) is 3.23. The minimum Gasteiger partial charge on any atom is -0.463 e. The van der Waals surface area contributed by atoms with Crippen LogP contribution in [-0.4, -0.2) is 23.0 Å². The quantitative estimate of drug-likeness (QED) is 0.717. The number of pyridine rings is 2. The second-order valence-corrected chi connectivity index (χ2v) is 5.41. The number of rotatable bonds is 4. The lowest BCUT2D eigenvalue weighted by Crippen LogP contribution is -2.01. The molecule has 3 rings (SSSR count). The van der Waals surface area contributed by atoms with Crippen LogP contribution < -0.4 is 5.32 Å². The number of ether oxygens (including phenoxy) is 1. The van der Waals surface area contributed by atoms with Crippen LogP contribution in [0.3, 0.4) is 0 Å². The predicted octanol–water partition coefficient (Wildman–Crippen LogP) is 3.38. The summed E-state index contributed by atoms with van der Waals surface area (Å²) in [6.07, 6.45) is 3.43. The van der Waals surface area contributed by atoms with Gasteiger partial charge in [-0.2, -0.15) is 0 Å². The second-order valence-electron chi connectivity index (χ2n) is 4.49. The Hall–Kier alpha value is -2.41. The number of carbonyl (C=O) groups excluding carboxylic acids is 1. The van der Waals surface area contributed by atoms with E-state index >= 15 is 0 Å². The molecule has 0 aromatic carbocycles. The molecule has 0 unspecified atom stereocenters. The molecule has 0 aliphatic rings. The molecule has 3 heterocycles. The number of aromatic nitrogens is 2. The number of nitrogens with zero attached hydrogens (tertiary/aromatic N) is 2.